The van der Waals surface area contributed by atoms with E-state index in [1.807, 2.05) is 13.8 Å². The van der Waals surface area contributed by atoms with E-state index < -0.39 is 0 Å². The Kier molecular flexibility index (Phi) is 6.84. The lowest BCUT2D eigenvalue weighted by atomic mass is 9.87. The smallest absolute Gasteiger partial charge is 0.312 e. The molecular weight excluding hydrogens is 450 g/mol. The quantitative estimate of drug-likeness (QED) is 0.545. The Bertz CT molecular complexity index is 1260. The molecule has 0 saturated carbocycles. The molecule has 2 N–H and O–H groups in total. The van der Waals surface area contributed by atoms with Gasteiger partial charge in [0.2, 0.25) is 0 Å². The van der Waals surface area contributed by atoms with Crippen molar-refractivity contribution >= 4 is 22.7 Å². The van der Waals surface area contributed by atoms with Gasteiger partial charge in [-0.3, -0.25) is 14.6 Å². The third-order valence-corrected chi connectivity index (χ3v) is 7.65. The van der Waals surface area contributed by atoms with Crippen molar-refractivity contribution in [3.63, 3.8) is 0 Å². The van der Waals surface area contributed by atoms with Crippen molar-refractivity contribution in [3.8, 4) is 11.3 Å². The minimum Gasteiger partial charge on any atom is -0.354 e. The van der Waals surface area contributed by atoms with Gasteiger partial charge >= 0.3 is 11.8 Å². The number of nitrogens with one attached hydrogen (secondary N) is 2. The highest BCUT2D eigenvalue weighted by molar-refractivity contribution is 6.34. The second-order valence-corrected chi connectivity index (χ2v) is 10.6. The van der Waals surface area contributed by atoms with Crippen molar-refractivity contribution < 1.29 is 9.59 Å². The molecule has 0 spiro atoms. The van der Waals surface area contributed by atoms with Gasteiger partial charge in [0.15, 0.2) is 0 Å². The van der Waals surface area contributed by atoms with Crippen molar-refractivity contribution in [1.29, 1.82) is 0 Å². The van der Waals surface area contributed by atoms with E-state index in [-0.39, 0.29) is 11.8 Å². The molecule has 2 saturated heterocycles. The van der Waals surface area contributed by atoms with Crippen molar-refractivity contribution in [2.75, 3.05) is 39.3 Å². The molecule has 1 aromatic carbocycles. The standard InChI is InChI=1S/C29H37N5O2/c1-18(2)26-24-17-22(5-6-25(24)32-27(26)23-15-19(3)31-20(4)16-23)21-7-11-33(12-8-21)28(35)29(36)34-13-9-30-10-14-34/h5-6,15-18,21,30,32H,7-14H2,1-4H3. The summed E-state index contributed by atoms with van der Waals surface area (Å²) in [7, 11) is 0. The maximum atomic E-state index is 12.8. The minimum atomic E-state index is -0.348. The Hall–Kier alpha value is -3.19. The van der Waals surface area contributed by atoms with Crippen LogP contribution in [-0.4, -0.2) is 70.9 Å². The van der Waals surface area contributed by atoms with Gasteiger partial charge < -0.3 is 20.1 Å². The van der Waals surface area contributed by atoms with E-state index >= 15 is 0 Å². The van der Waals surface area contributed by atoms with Crippen LogP contribution in [0.1, 0.15) is 61.0 Å². The second kappa shape index (κ2) is 10.1. The van der Waals surface area contributed by atoms with Gasteiger partial charge in [-0.25, -0.2) is 0 Å². The fraction of sp³-hybridized carbons (Fsp3) is 0.483. The number of benzene rings is 1. The number of aromatic amines is 1. The van der Waals surface area contributed by atoms with Gasteiger partial charge in [0, 0.05) is 67.1 Å². The maximum Gasteiger partial charge on any atom is 0.312 e. The summed E-state index contributed by atoms with van der Waals surface area (Å²) in [5, 5.41) is 4.50. The first-order valence-corrected chi connectivity index (χ1v) is 13.2. The summed E-state index contributed by atoms with van der Waals surface area (Å²) in [6, 6.07) is 11.1. The number of carbonyl (C=O) groups excluding carboxylic acids is 2. The van der Waals surface area contributed by atoms with Gasteiger partial charge in [0.1, 0.15) is 0 Å². The average molecular weight is 488 g/mol. The predicted molar refractivity (Wildman–Crippen MR) is 143 cm³/mol. The highest BCUT2D eigenvalue weighted by atomic mass is 16.2. The number of carbonyl (C=O) groups is 2. The molecule has 0 radical (unpaired) electrons. The van der Waals surface area contributed by atoms with Crippen LogP contribution in [0.4, 0.5) is 0 Å². The molecule has 0 bridgehead atoms. The molecule has 2 aliphatic heterocycles. The third-order valence-electron chi connectivity index (χ3n) is 7.65. The molecule has 0 atom stereocenters. The van der Waals surface area contributed by atoms with Crippen molar-refractivity contribution in [1.82, 2.24) is 25.1 Å². The van der Waals surface area contributed by atoms with E-state index in [9.17, 15) is 9.59 Å². The minimum absolute atomic E-state index is 0.342. The number of amides is 2. The summed E-state index contributed by atoms with van der Waals surface area (Å²) >= 11 is 0. The van der Waals surface area contributed by atoms with Gasteiger partial charge in [-0.15, -0.1) is 0 Å². The number of likely N-dealkylation sites (tertiary alicyclic amines) is 1. The van der Waals surface area contributed by atoms with Gasteiger partial charge in [0.25, 0.3) is 0 Å². The first-order valence-electron chi connectivity index (χ1n) is 13.2. The third kappa shape index (κ3) is 4.76. The van der Waals surface area contributed by atoms with Crippen molar-refractivity contribution in [3.05, 3.63) is 52.8 Å². The number of piperidine rings is 1. The lowest BCUT2D eigenvalue weighted by Crippen LogP contribution is -2.53. The van der Waals surface area contributed by atoms with E-state index in [1.165, 1.54) is 27.8 Å². The molecule has 2 amide bonds. The monoisotopic (exact) mass is 487 g/mol. The summed E-state index contributed by atoms with van der Waals surface area (Å²) in [6.45, 7) is 12.6. The summed E-state index contributed by atoms with van der Waals surface area (Å²) < 4.78 is 0. The highest BCUT2D eigenvalue weighted by Crippen LogP contribution is 2.38. The van der Waals surface area contributed by atoms with Gasteiger partial charge in [0.05, 0.1) is 5.69 Å². The number of pyridine rings is 1. The summed E-state index contributed by atoms with van der Waals surface area (Å²) in [5.74, 6) is 0.0650. The lowest BCUT2D eigenvalue weighted by Gasteiger charge is -2.34. The zero-order valence-electron chi connectivity index (χ0n) is 21.9. The first kappa shape index (κ1) is 24.5. The van der Waals surface area contributed by atoms with E-state index in [2.05, 4.69) is 59.5 Å². The topological polar surface area (TPSA) is 81.3 Å². The molecule has 7 nitrogen and oxygen atoms in total. The summed E-state index contributed by atoms with van der Waals surface area (Å²) in [5.41, 5.74) is 8.22. The number of rotatable bonds is 3. The number of H-pyrrole nitrogens is 1. The van der Waals surface area contributed by atoms with E-state index in [1.54, 1.807) is 9.80 Å². The molecule has 0 aliphatic carbocycles. The maximum absolute atomic E-state index is 12.8. The fourth-order valence-corrected chi connectivity index (χ4v) is 5.84. The molecule has 2 aromatic heterocycles. The molecule has 7 heteroatoms. The second-order valence-electron chi connectivity index (χ2n) is 10.6. The van der Waals surface area contributed by atoms with E-state index in [4.69, 9.17) is 0 Å². The number of hydrogen-bond acceptors (Lipinski definition) is 4. The SMILES string of the molecule is Cc1cc(-c2[nH]c3ccc(C4CCN(C(=O)C(=O)N5CCNCC5)CC4)cc3c2C(C)C)cc(C)n1. The van der Waals surface area contributed by atoms with Gasteiger partial charge in [-0.05, 0) is 73.9 Å². The van der Waals surface area contributed by atoms with Crippen LogP contribution in [0.25, 0.3) is 22.2 Å². The van der Waals surface area contributed by atoms with Crippen LogP contribution < -0.4 is 5.32 Å². The van der Waals surface area contributed by atoms with Crippen molar-refractivity contribution in [2.24, 2.45) is 0 Å². The van der Waals surface area contributed by atoms with Crippen LogP contribution in [0.5, 0.6) is 0 Å². The Morgan fingerprint density at radius 1 is 0.917 bits per heavy atom. The fourth-order valence-electron chi connectivity index (χ4n) is 5.84. The number of aryl methyl sites for hydroxylation is 2. The number of nitrogens with zero attached hydrogens (tertiary/aromatic N) is 3. The molecular formula is C29H37N5O2. The highest BCUT2D eigenvalue weighted by Gasteiger charge is 2.31. The van der Waals surface area contributed by atoms with Gasteiger partial charge in [-0.2, -0.15) is 0 Å². The van der Waals surface area contributed by atoms with Crippen LogP contribution in [0.15, 0.2) is 30.3 Å². The normalized spacial score (nSPS) is 17.2. The first-order chi connectivity index (χ1) is 17.3. The van der Waals surface area contributed by atoms with E-state index in [0.717, 1.165) is 42.8 Å². The molecule has 0 unspecified atom stereocenters. The Morgan fingerprint density at radius 2 is 1.53 bits per heavy atom. The Morgan fingerprint density at radius 3 is 2.14 bits per heavy atom. The molecule has 36 heavy (non-hydrogen) atoms. The number of aromatic nitrogens is 2. The van der Waals surface area contributed by atoms with Crippen LogP contribution in [0, 0.1) is 13.8 Å². The molecule has 5 rings (SSSR count). The van der Waals surface area contributed by atoms with Crippen LogP contribution in [0.2, 0.25) is 0 Å². The zero-order valence-corrected chi connectivity index (χ0v) is 21.9. The molecule has 190 valence electrons. The predicted octanol–water partition coefficient (Wildman–Crippen LogP) is 4.11. The van der Waals surface area contributed by atoms with Gasteiger partial charge in [-0.1, -0.05) is 19.9 Å². The Balaban J connectivity index is 1.35. The number of piperazine rings is 1. The van der Waals surface area contributed by atoms with Crippen molar-refractivity contribution in [2.45, 2.75) is 52.4 Å². The molecule has 2 aliphatic rings. The summed E-state index contributed by atoms with van der Waals surface area (Å²) in [4.78, 5) is 37.2. The number of hydrogen-bond donors (Lipinski definition) is 2. The molecule has 4 heterocycles. The zero-order chi connectivity index (χ0) is 25.4. The lowest BCUT2D eigenvalue weighted by molar-refractivity contribution is -0.152. The number of fused-ring (bicyclic) bond motifs is 1. The van der Waals surface area contributed by atoms with Crippen LogP contribution in [0.3, 0.4) is 0 Å². The van der Waals surface area contributed by atoms with Crippen LogP contribution >= 0.6 is 0 Å². The van der Waals surface area contributed by atoms with E-state index in [0.29, 0.717) is 38.0 Å². The Labute approximate surface area is 213 Å². The molecule has 2 fully saturated rings. The van der Waals surface area contributed by atoms with Crippen LogP contribution in [-0.2, 0) is 9.59 Å². The largest absolute Gasteiger partial charge is 0.354 e. The summed E-state index contributed by atoms with van der Waals surface area (Å²) in [6.07, 6.45) is 1.76. The average Bonchev–Trinajstić information content (AvgIpc) is 3.27. The molecule has 3 aromatic rings.